The summed E-state index contributed by atoms with van der Waals surface area (Å²) in [5.74, 6) is 1.07. The number of aromatic nitrogens is 2. The van der Waals surface area contributed by atoms with Crippen molar-refractivity contribution in [3.8, 4) is 0 Å². The van der Waals surface area contributed by atoms with E-state index < -0.39 is 0 Å². The molecule has 1 aromatic heterocycles. The van der Waals surface area contributed by atoms with E-state index in [0.29, 0.717) is 6.54 Å². The van der Waals surface area contributed by atoms with E-state index in [-0.39, 0.29) is 11.8 Å². The molecular weight excluding hydrogens is 190 g/mol. The van der Waals surface area contributed by atoms with Gasteiger partial charge in [0.1, 0.15) is 5.82 Å². The van der Waals surface area contributed by atoms with Gasteiger partial charge in [-0.05, 0) is 13.1 Å². The molecule has 3 N–H and O–H groups in total. The van der Waals surface area contributed by atoms with Crippen LogP contribution in [-0.4, -0.2) is 34.3 Å². The molecule has 5 heteroatoms. The second-order valence-electron chi connectivity index (χ2n) is 3.72. The lowest BCUT2D eigenvalue weighted by atomic mass is 10.1. The molecule has 5 nitrogen and oxygen atoms in total. The SMILES string of the molecule is CC(CN(C)Cc1ncccn1)C(=N)N. The molecule has 1 heterocycles. The molecule has 0 saturated heterocycles. The molecule has 15 heavy (non-hydrogen) atoms. The van der Waals surface area contributed by atoms with Crippen LogP contribution in [0.1, 0.15) is 12.7 Å². The van der Waals surface area contributed by atoms with Crippen molar-refractivity contribution in [1.29, 1.82) is 5.41 Å². The van der Waals surface area contributed by atoms with Gasteiger partial charge in [0.15, 0.2) is 0 Å². The second kappa shape index (κ2) is 5.41. The summed E-state index contributed by atoms with van der Waals surface area (Å²) in [4.78, 5) is 10.3. The van der Waals surface area contributed by atoms with E-state index in [1.807, 2.05) is 14.0 Å². The summed E-state index contributed by atoms with van der Waals surface area (Å²) in [6.45, 7) is 3.36. The smallest absolute Gasteiger partial charge is 0.142 e. The van der Waals surface area contributed by atoms with E-state index in [4.69, 9.17) is 11.1 Å². The van der Waals surface area contributed by atoms with Crippen LogP contribution in [0.3, 0.4) is 0 Å². The van der Waals surface area contributed by atoms with E-state index in [1.54, 1.807) is 18.5 Å². The monoisotopic (exact) mass is 207 g/mol. The summed E-state index contributed by atoms with van der Waals surface area (Å²) in [6, 6.07) is 1.79. The topological polar surface area (TPSA) is 78.9 Å². The number of nitrogens with zero attached hydrogens (tertiary/aromatic N) is 3. The standard InChI is InChI=1S/C10H17N5/c1-8(10(11)12)6-15(2)7-9-13-4-3-5-14-9/h3-5,8H,6-7H2,1-2H3,(H3,11,12). The van der Waals surface area contributed by atoms with E-state index in [1.165, 1.54) is 0 Å². The fraction of sp³-hybridized carbons (Fsp3) is 0.500. The highest BCUT2D eigenvalue weighted by atomic mass is 15.1. The summed E-state index contributed by atoms with van der Waals surface area (Å²) in [5, 5.41) is 7.29. The first-order chi connectivity index (χ1) is 7.09. The molecule has 1 unspecified atom stereocenters. The Labute approximate surface area is 89.8 Å². The lowest BCUT2D eigenvalue weighted by Gasteiger charge is -2.19. The average Bonchev–Trinajstić information content (AvgIpc) is 2.18. The van der Waals surface area contributed by atoms with E-state index in [2.05, 4.69) is 14.9 Å². The van der Waals surface area contributed by atoms with Gasteiger partial charge in [-0.15, -0.1) is 0 Å². The summed E-state index contributed by atoms with van der Waals surface area (Å²) in [6.07, 6.45) is 3.45. The van der Waals surface area contributed by atoms with Crippen LogP contribution in [0.15, 0.2) is 18.5 Å². The second-order valence-corrected chi connectivity index (χ2v) is 3.72. The Morgan fingerprint density at radius 3 is 2.67 bits per heavy atom. The molecule has 82 valence electrons. The zero-order chi connectivity index (χ0) is 11.3. The van der Waals surface area contributed by atoms with Crippen molar-refractivity contribution >= 4 is 5.84 Å². The molecule has 0 fully saturated rings. The van der Waals surface area contributed by atoms with E-state index >= 15 is 0 Å². The minimum Gasteiger partial charge on any atom is -0.387 e. The highest BCUT2D eigenvalue weighted by Crippen LogP contribution is 2.00. The fourth-order valence-corrected chi connectivity index (χ4v) is 1.28. The van der Waals surface area contributed by atoms with Crippen LogP contribution in [0.5, 0.6) is 0 Å². The van der Waals surface area contributed by atoms with Crippen molar-refractivity contribution in [3.63, 3.8) is 0 Å². The Balaban J connectivity index is 2.43. The third-order valence-corrected chi connectivity index (χ3v) is 2.15. The Morgan fingerprint density at radius 1 is 1.53 bits per heavy atom. The van der Waals surface area contributed by atoms with Crippen LogP contribution in [0.25, 0.3) is 0 Å². The number of rotatable bonds is 5. The third kappa shape index (κ3) is 4.03. The third-order valence-electron chi connectivity index (χ3n) is 2.15. The van der Waals surface area contributed by atoms with Gasteiger partial charge < -0.3 is 5.73 Å². The first kappa shape index (κ1) is 11.6. The van der Waals surface area contributed by atoms with E-state index in [0.717, 1.165) is 12.4 Å². The molecule has 0 aliphatic heterocycles. The molecule has 0 aliphatic carbocycles. The van der Waals surface area contributed by atoms with Gasteiger partial charge in [0, 0.05) is 24.9 Å². The minimum absolute atomic E-state index is 0.0683. The molecule has 0 aliphatic rings. The highest BCUT2D eigenvalue weighted by Gasteiger charge is 2.09. The Bertz CT molecular complexity index is 311. The fourth-order valence-electron chi connectivity index (χ4n) is 1.28. The van der Waals surface area contributed by atoms with Gasteiger partial charge in [-0.25, -0.2) is 9.97 Å². The van der Waals surface area contributed by atoms with Crippen molar-refractivity contribution < 1.29 is 0 Å². The minimum atomic E-state index is 0.0683. The zero-order valence-corrected chi connectivity index (χ0v) is 9.14. The predicted molar refractivity (Wildman–Crippen MR) is 59.4 cm³/mol. The van der Waals surface area contributed by atoms with Gasteiger partial charge in [-0.3, -0.25) is 10.3 Å². The van der Waals surface area contributed by atoms with Crippen molar-refractivity contribution in [3.05, 3.63) is 24.3 Å². The number of nitrogens with one attached hydrogen (secondary N) is 1. The maximum atomic E-state index is 7.29. The predicted octanol–water partition coefficient (Wildman–Crippen LogP) is 0.480. The summed E-state index contributed by atoms with van der Waals surface area (Å²) >= 11 is 0. The molecule has 0 radical (unpaired) electrons. The first-order valence-corrected chi connectivity index (χ1v) is 4.88. The lowest BCUT2D eigenvalue weighted by molar-refractivity contribution is 0.299. The summed E-state index contributed by atoms with van der Waals surface area (Å²) in [7, 11) is 1.97. The summed E-state index contributed by atoms with van der Waals surface area (Å²) in [5.41, 5.74) is 5.40. The van der Waals surface area contributed by atoms with E-state index in [9.17, 15) is 0 Å². The lowest BCUT2D eigenvalue weighted by Crippen LogP contribution is -2.32. The van der Waals surface area contributed by atoms with Crippen molar-refractivity contribution in [2.24, 2.45) is 11.7 Å². The molecular formula is C10H17N5. The van der Waals surface area contributed by atoms with Crippen LogP contribution in [0.4, 0.5) is 0 Å². The Hall–Kier alpha value is -1.49. The van der Waals surface area contributed by atoms with Crippen molar-refractivity contribution in [2.45, 2.75) is 13.5 Å². The highest BCUT2D eigenvalue weighted by molar-refractivity contribution is 5.79. The molecule has 0 bridgehead atoms. The van der Waals surface area contributed by atoms with Crippen LogP contribution in [0.2, 0.25) is 0 Å². The van der Waals surface area contributed by atoms with Gasteiger partial charge in [0.25, 0.3) is 0 Å². The van der Waals surface area contributed by atoms with Crippen LogP contribution in [-0.2, 0) is 6.54 Å². The molecule has 0 aromatic carbocycles. The maximum absolute atomic E-state index is 7.29. The number of amidine groups is 1. The quantitative estimate of drug-likeness (QED) is 0.543. The van der Waals surface area contributed by atoms with Crippen LogP contribution in [0, 0.1) is 11.3 Å². The molecule has 1 rings (SSSR count). The largest absolute Gasteiger partial charge is 0.387 e. The number of hydrogen-bond donors (Lipinski definition) is 2. The Morgan fingerprint density at radius 2 is 2.13 bits per heavy atom. The molecule has 1 aromatic rings. The number of nitrogens with two attached hydrogens (primary N) is 1. The maximum Gasteiger partial charge on any atom is 0.142 e. The van der Waals surface area contributed by atoms with Crippen LogP contribution >= 0.6 is 0 Å². The first-order valence-electron chi connectivity index (χ1n) is 4.88. The molecule has 0 saturated carbocycles. The van der Waals surface area contributed by atoms with Crippen LogP contribution < -0.4 is 5.73 Å². The van der Waals surface area contributed by atoms with Gasteiger partial charge in [0.2, 0.25) is 0 Å². The molecule has 0 spiro atoms. The van der Waals surface area contributed by atoms with Crippen molar-refractivity contribution in [2.75, 3.05) is 13.6 Å². The average molecular weight is 207 g/mol. The van der Waals surface area contributed by atoms with Gasteiger partial charge >= 0.3 is 0 Å². The molecule has 0 amide bonds. The normalized spacial score (nSPS) is 12.7. The van der Waals surface area contributed by atoms with Crippen molar-refractivity contribution in [1.82, 2.24) is 14.9 Å². The molecule has 1 atom stereocenters. The number of hydrogen-bond acceptors (Lipinski definition) is 4. The van der Waals surface area contributed by atoms with Gasteiger partial charge in [0.05, 0.1) is 12.4 Å². The summed E-state index contributed by atoms with van der Waals surface area (Å²) < 4.78 is 0. The van der Waals surface area contributed by atoms with Gasteiger partial charge in [-0.2, -0.15) is 0 Å². The Kier molecular flexibility index (Phi) is 4.17. The zero-order valence-electron chi connectivity index (χ0n) is 9.14. The van der Waals surface area contributed by atoms with Gasteiger partial charge in [-0.1, -0.05) is 6.92 Å².